The molecule has 0 unspecified atom stereocenters. The Morgan fingerprint density at radius 1 is 1.10 bits per heavy atom. The maximum absolute atomic E-state index is 11.3. The number of sulfonamides is 1. The predicted molar refractivity (Wildman–Crippen MR) is 118 cm³/mol. The molecule has 0 saturated heterocycles. The van der Waals surface area contributed by atoms with Gasteiger partial charge < -0.3 is 9.47 Å². The van der Waals surface area contributed by atoms with Crippen LogP contribution in [0.5, 0.6) is 11.5 Å². The van der Waals surface area contributed by atoms with Crippen LogP contribution in [0.3, 0.4) is 0 Å². The van der Waals surface area contributed by atoms with Crippen LogP contribution in [0.2, 0.25) is 0 Å². The summed E-state index contributed by atoms with van der Waals surface area (Å²) in [5.74, 6) is 1.70. The number of benzene rings is 2. The molecule has 0 amide bonds. The van der Waals surface area contributed by atoms with Crippen LogP contribution in [0.15, 0.2) is 54.6 Å². The molecule has 0 spiro atoms. The maximum Gasteiger partial charge on any atom is 0.208 e. The minimum atomic E-state index is -3.25. The van der Waals surface area contributed by atoms with E-state index < -0.39 is 10.0 Å². The number of aromatic nitrogens is 2. The first kappa shape index (κ1) is 21.9. The first-order valence-electron chi connectivity index (χ1n) is 9.69. The molecule has 0 bridgehead atoms. The van der Waals surface area contributed by atoms with E-state index in [1.54, 1.807) is 7.11 Å². The minimum absolute atomic E-state index is 0.197. The first-order valence-corrected chi connectivity index (χ1v) is 11.6. The molecular weight excluding hydrogens is 402 g/mol. The Bertz CT molecular complexity index is 1090. The molecule has 160 valence electrons. The van der Waals surface area contributed by atoms with E-state index in [0.717, 1.165) is 34.6 Å². The van der Waals surface area contributed by atoms with Crippen LogP contribution in [0, 0.1) is 0 Å². The van der Waals surface area contributed by atoms with Gasteiger partial charge in [-0.15, -0.1) is 0 Å². The number of rotatable bonds is 9. The molecule has 0 fully saturated rings. The Morgan fingerprint density at radius 3 is 2.43 bits per heavy atom. The molecule has 0 atom stereocenters. The van der Waals surface area contributed by atoms with Crippen LogP contribution in [-0.4, -0.2) is 44.7 Å². The van der Waals surface area contributed by atoms with E-state index in [4.69, 9.17) is 14.6 Å². The number of methoxy groups -OCH3 is 1. The van der Waals surface area contributed by atoms with E-state index >= 15 is 0 Å². The van der Waals surface area contributed by atoms with E-state index in [1.165, 1.54) is 0 Å². The Labute approximate surface area is 177 Å². The van der Waals surface area contributed by atoms with Crippen molar-refractivity contribution < 1.29 is 17.9 Å². The number of para-hydroxylation sites is 1. The van der Waals surface area contributed by atoms with Crippen molar-refractivity contribution in [1.29, 1.82) is 0 Å². The molecule has 0 radical (unpaired) electrons. The lowest BCUT2D eigenvalue weighted by molar-refractivity contribution is 0.324. The highest BCUT2D eigenvalue weighted by Crippen LogP contribution is 2.33. The Kier molecular flexibility index (Phi) is 6.79. The van der Waals surface area contributed by atoms with Gasteiger partial charge in [0.1, 0.15) is 18.1 Å². The third kappa shape index (κ3) is 5.40. The summed E-state index contributed by atoms with van der Waals surface area (Å²) in [6.45, 7) is 4.62. The van der Waals surface area contributed by atoms with E-state index in [1.807, 2.05) is 53.2 Å². The number of nitrogens with zero attached hydrogens (tertiary/aromatic N) is 2. The SMILES string of the molecule is COc1ccc(-n2nc(C(C)C)cc2-c2ccccc2OCCNS(C)(=O)=O)cc1. The molecule has 0 saturated carbocycles. The molecule has 1 aromatic heterocycles. The summed E-state index contributed by atoms with van der Waals surface area (Å²) in [6, 6.07) is 17.4. The molecular formula is C22H27N3O4S. The molecule has 1 heterocycles. The smallest absolute Gasteiger partial charge is 0.208 e. The number of ether oxygens (including phenoxy) is 2. The van der Waals surface area contributed by atoms with Gasteiger partial charge in [-0.25, -0.2) is 17.8 Å². The summed E-state index contributed by atoms with van der Waals surface area (Å²) >= 11 is 0. The highest BCUT2D eigenvalue weighted by Gasteiger charge is 2.17. The minimum Gasteiger partial charge on any atom is -0.497 e. The van der Waals surface area contributed by atoms with Gasteiger partial charge in [-0.05, 0) is 48.4 Å². The monoisotopic (exact) mass is 429 g/mol. The van der Waals surface area contributed by atoms with E-state index in [-0.39, 0.29) is 19.1 Å². The summed E-state index contributed by atoms with van der Waals surface area (Å²) in [5.41, 5.74) is 3.66. The average Bonchev–Trinajstić information content (AvgIpc) is 3.16. The lowest BCUT2D eigenvalue weighted by atomic mass is 10.1. The van der Waals surface area contributed by atoms with Gasteiger partial charge in [0.15, 0.2) is 0 Å². The second-order valence-electron chi connectivity index (χ2n) is 7.23. The molecule has 0 aliphatic heterocycles. The van der Waals surface area contributed by atoms with Gasteiger partial charge in [0.05, 0.1) is 30.4 Å². The maximum atomic E-state index is 11.3. The summed E-state index contributed by atoms with van der Waals surface area (Å²) in [5, 5.41) is 4.81. The lowest BCUT2D eigenvalue weighted by Crippen LogP contribution is -2.26. The normalized spacial score (nSPS) is 11.6. The van der Waals surface area contributed by atoms with Crippen LogP contribution < -0.4 is 14.2 Å². The molecule has 1 N–H and O–H groups in total. The van der Waals surface area contributed by atoms with E-state index in [2.05, 4.69) is 24.6 Å². The van der Waals surface area contributed by atoms with Gasteiger partial charge in [0.2, 0.25) is 10.0 Å². The fourth-order valence-corrected chi connectivity index (χ4v) is 3.44. The first-order chi connectivity index (χ1) is 14.3. The van der Waals surface area contributed by atoms with Gasteiger partial charge in [0, 0.05) is 12.1 Å². The van der Waals surface area contributed by atoms with Crippen molar-refractivity contribution in [2.45, 2.75) is 19.8 Å². The van der Waals surface area contributed by atoms with Crippen molar-refractivity contribution in [1.82, 2.24) is 14.5 Å². The summed E-state index contributed by atoms with van der Waals surface area (Å²) < 4.78 is 38.0. The van der Waals surface area contributed by atoms with Crippen LogP contribution in [0.25, 0.3) is 16.9 Å². The van der Waals surface area contributed by atoms with E-state index in [0.29, 0.717) is 5.75 Å². The van der Waals surface area contributed by atoms with Crippen molar-refractivity contribution in [2.24, 2.45) is 0 Å². The molecule has 0 aliphatic carbocycles. The van der Waals surface area contributed by atoms with Crippen molar-refractivity contribution in [3.05, 3.63) is 60.3 Å². The topological polar surface area (TPSA) is 82.4 Å². The zero-order valence-electron chi connectivity index (χ0n) is 17.6. The Morgan fingerprint density at radius 2 is 1.80 bits per heavy atom. The average molecular weight is 430 g/mol. The van der Waals surface area contributed by atoms with Crippen LogP contribution in [-0.2, 0) is 10.0 Å². The second-order valence-corrected chi connectivity index (χ2v) is 9.06. The quantitative estimate of drug-likeness (QED) is 0.526. The van der Waals surface area contributed by atoms with Gasteiger partial charge in [-0.1, -0.05) is 26.0 Å². The van der Waals surface area contributed by atoms with Crippen molar-refractivity contribution in [3.63, 3.8) is 0 Å². The second kappa shape index (κ2) is 9.32. The highest BCUT2D eigenvalue weighted by atomic mass is 32.2. The molecule has 2 aromatic carbocycles. The van der Waals surface area contributed by atoms with Crippen molar-refractivity contribution in [3.8, 4) is 28.4 Å². The van der Waals surface area contributed by atoms with Crippen molar-refractivity contribution >= 4 is 10.0 Å². The van der Waals surface area contributed by atoms with Gasteiger partial charge in [0.25, 0.3) is 0 Å². The summed E-state index contributed by atoms with van der Waals surface area (Å²) in [7, 11) is -1.61. The van der Waals surface area contributed by atoms with Gasteiger partial charge in [-0.2, -0.15) is 5.10 Å². The highest BCUT2D eigenvalue weighted by molar-refractivity contribution is 7.88. The third-order valence-electron chi connectivity index (χ3n) is 4.52. The Balaban J connectivity index is 1.96. The molecule has 30 heavy (non-hydrogen) atoms. The molecule has 7 nitrogen and oxygen atoms in total. The van der Waals surface area contributed by atoms with Gasteiger partial charge >= 0.3 is 0 Å². The molecule has 3 rings (SSSR count). The number of hydrogen-bond acceptors (Lipinski definition) is 5. The van der Waals surface area contributed by atoms with Crippen molar-refractivity contribution in [2.75, 3.05) is 26.5 Å². The summed E-state index contributed by atoms with van der Waals surface area (Å²) in [6.07, 6.45) is 1.13. The predicted octanol–water partition coefficient (Wildman–Crippen LogP) is 3.60. The van der Waals surface area contributed by atoms with Crippen LogP contribution >= 0.6 is 0 Å². The Hall–Kier alpha value is -2.84. The largest absolute Gasteiger partial charge is 0.497 e. The number of hydrogen-bond donors (Lipinski definition) is 1. The zero-order chi connectivity index (χ0) is 21.7. The zero-order valence-corrected chi connectivity index (χ0v) is 18.4. The standard InChI is InChI=1S/C22H27N3O4S/c1-16(2)20-15-21(25(24-20)17-9-11-18(28-3)12-10-17)19-7-5-6-8-22(19)29-14-13-23-30(4,26)27/h5-12,15-16,23H,13-14H2,1-4H3. The van der Waals surface area contributed by atoms with Crippen LogP contribution in [0.1, 0.15) is 25.5 Å². The molecule has 8 heteroatoms. The lowest BCUT2D eigenvalue weighted by Gasteiger charge is -2.13. The van der Waals surface area contributed by atoms with E-state index in [9.17, 15) is 8.42 Å². The number of nitrogens with one attached hydrogen (secondary N) is 1. The van der Waals surface area contributed by atoms with Crippen LogP contribution in [0.4, 0.5) is 0 Å². The fourth-order valence-electron chi connectivity index (χ4n) is 2.99. The fraction of sp³-hybridized carbons (Fsp3) is 0.318. The third-order valence-corrected chi connectivity index (χ3v) is 5.25. The van der Waals surface area contributed by atoms with Gasteiger partial charge in [-0.3, -0.25) is 0 Å². The summed E-state index contributed by atoms with van der Waals surface area (Å²) in [4.78, 5) is 0. The molecule has 3 aromatic rings. The molecule has 0 aliphatic rings.